The summed E-state index contributed by atoms with van der Waals surface area (Å²) in [5.41, 5.74) is 1.99. The third-order valence-electron chi connectivity index (χ3n) is 4.49. The van der Waals surface area contributed by atoms with Crippen molar-refractivity contribution in [1.29, 1.82) is 0 Å². The number of nitro benzene ring substituents is 1. The van der Waals surface area contributed by atoms with Crippen molar-refractivity contribution < 1.29 is 14.5 Å². The Kier molecular flexibility index (Phi) is 6.30. The zero-order valence-electron chi connectivity index (χ0n) is 16.2. The molecule has 2 aromatic heterocycles. The average Bonchev–Trinajstić information content (AvgIpc) is 3.25. The molecule has 0 aliphatic carbocycles. The Hall–Kier alpha value is -3.59. The Morgan fingerprint density at radius 3 is 2.79 bits per heavy atom. The lowest BCUT2D eigenvalue weighted by molar-refractivity contribution is -0.386. The van der Waals surface area contributed by atoms with Crippen LogP contribution in [0, 0.1) is 17.0 Å². The molecule has 150 valence electrons. The van der Waals surface area contributed by atoms with E-state index in [4.69, 9.17) is 4.74 Å². The summed E-state index contributed by atoms with van der Waals surface area (Å²) in [6.07, 6.45) is 6.14. The van der Waals surface area contributed by atoms with Crippen LogP contribution in [0.2, 0.25) is 0 Å². The topological polar surface area (TPSA) is 112 Å². The molecule has 0 aliphatic heterocycles. The average molecular weight is 395 g/mol. The van der Waals surface area contributed by atoms with Gasteiger partial charge in [-0.1, -0.05) is 6.07 Å². The van der Waals surface area contributed by atoms with Gasteiger partial charge in [-0.3, -0.25) is 14.9 Å². The maximum atomic E-state index is 11.7. The van der Waals surface area contributed by atoms with Crippen LogP contribution in [0.5, 0.6) is 5.75 Å². The van der Waals surface area contributed by atoms with Crippen LogP contribution in [-0.4, -0.2) is 46.2 Å². The predicted molar refractivity (Wildman–Crippen MR) is 107 cm³/mol. The standard InChI is InChI=1S/C20H21N5O4/c1-14-16(10-15-4-5-18(22-12-15)24-8-3-6-23-24)11-17(13-26)20(19(14)25(27)28)29-9-7-21-2/h3-6,8,11-13,21H,7,9-10H2,1-2H3. The maximum absolute atomic E-state index is 11.7. The second-order valence-electron chi connectivity index (χ2n) is 6.41. The summed E-state index contributed by atoms with van der Waals surface area (Å²) in [5.74, 6) is 0.678. The molecule has 9 nitrogen and oxygen atoms in total. The van der Waals surface area contributed by atoms with Crippen LogP contribution in [0.15, 0.2) is 42.9 Å². The molecule has 9 heteroatoms. The van der Waals surface area contributed by atoms with Crippen LogP contribution in [0.25, 0.3) is 5.82 Å². The number of rotatable bonds is 9. The van der Waals surface area contributed by atoms with E-state index in [-0.39, 0.29) is 23.6 Å². The molecule has 0 radical (unpaired) electrons. The number of aldehydes is 1. The van der Waals surface area contributed by atoms with Crippen LogP contribution in [0.1, 0.15) is 27.0 Å². The fourth-order valence-electron chi connectivity index (χ4n) is 3.00. The third-order valence-corrected chi connectivity index (χ3v) is 4.49. The quantitative estimate of drug-likeness (QED) is 0.256. The summed E-state index contributed by atoms with van der Waals surface area (Å²) in [4.78, 5) is 27.2. The number of pyridine rings is 1. The molecule has 1 N–H and O–H groups in total. The molecular weight excluding hydrogens is 374 g/mol. The van der Waals surface area contributed by atoms with Gasteiger partial charge in [-0.15, -0.1) is 0 Å². The summed E-state index contributed by atoms with van der Waals surface area (Å²) in [6, 6.07) is 7.15. The second-order valence-corrected chi connectivity index (χ2v) is 6.41. The summed E-state index contributed by atoms with van der Waals surface area (Å²) in [6.45, 7) is 2.39. The Balaban J connectivity index is 1.93. The number of hydrogen-bond donors (Lipinski definition) is 1. The highest BCUT2D eigenvalue weighted by Crippen LogP contribution is 2.36. The maximum Gasteiger partial charge on any atom is 0.314 e. The van der Waals surface area contributed by atoms with Gasteiger partial charge in [-0.2, -0.15) is 5.10 Å². The van der Waals surface area contributed by atoms with E-state index in [9.17, 15) is 14.9 Å². The van der Waals surface area contributed by atoms with Crippen molar-refractivity contribution in [3.05, 3.63) is 75.2 Å². The van der Waals surface area contributed by atoms with Gasteiger partial charge in [0.25, 0.3) is 0 Å². The molecule has 29 heavy (non-hydrogen) atoms. The first-order chi connectivity index (χ1) is 14.0. The number of likely N-dealkylation sites (N-methyl/N-ethyl adjacent to an activating group) is 1. The molecule has 1 aromatic carbocycles. The Labute approximate surface area is 167 Å². The molecule has 0 atom stereocenters. The summed E-state index contributed by atoms with van der Waals surface area (Å²) < 4.78 is 7.19. The normalized spacial score (nSPS) is 10.7. The van der Waals surface area contributed by atoms with Crippen molar-refractivity contribution in [3.63, 3.8) is 0 Å². The van der Waals surface area contributed by atoms with E-state index in [0.717, 1.165) is 5.56 Å². The lowest BCUT2D eigenvalue weighted by Gasteiger charge is -2.14. The van der Waals surface area contributed by atoms with Gasteiger partial charge in [0.1, 0.15) is 6.61 Å². The van der Waals surface area contributed by atoms with Gasteiger partial charge in [0.05, 0.1) is 10.5 Å². The molecule has 0 saturated heterocycles. The number of carbonyl (C=O) groups is 1. The van der Waals surface area contributed by atoms with Gasteiger partial charge in [-0.05, 0) is 49.7 Å². The van der Waals surface area contributed by atoms with E-state index < -0.39 is 4.92 Å². The summed E-state index contributed by atoms with van der Waals surface area (Å²) in [7, 11) is 1.75. The predicted octanol–water partition coefficient (Wildman–Crippen LogP) is 2.49. The number of benzene rings is 1. The van der Waals surface area contributed by atoms with Gasteiger partial charge in [0.15, 0.2) is 12.1 Å². The first-order valence-electron chi connectivity index (χ1n) is 9.03. The molecule has 0 fully saturated rings. The highest BCUT2D eigenvalue weighted by molar-refractivity contribution is 5.84. The Morgan fingerprint density at radius 1 is 1.38 bits per heavy atom. The zero-order chi connectivity index (χ0) is 20.8. The second kappa shape index (κ2) is 9.07. The van der Waals surface area contributed by atoms with Crippen LogP contribution in [-0.2, 0) is 6.42 Å². The monoisotopic (exact) mass is 395 g/mol. The van der Waals surface area contributed by atoms with E-state index in [0.29, 0.717) is 36.2 Å². The number of nitrogens with one attached hydrogen (secondary N) is 1. The van der Waals surface area contributed by atoms with E-state index in [1.54, 1.807) is 49.4 Å². The van der Waals surface area contributed by atoms with E-state index in [1.165, 1.54) is 0 Å². The number of nitrogens with zero attached hydrogens (tertiary/aromatic N) is 4. The molecule has 3 rings (SSSR count). The molecule has 0 aliphatic rings. The van der Waals surface area contributed by atoms with E-state index in [1.807, 2.05) is 12.1 Å². The smallest absolute Gasteiger partial charge is 0.314 e. The van der Waals surface area contributed by atoms with Crippen LogP contribution >= 0.6 is 0 Å². The molecule has 3 aromatic rings. The zero-order valence-corrected chi connectivity index (χ0v) is 16.2. The highest BCUT2D eigenvalue weighted by Gasteiger charge is 2.26. The molecule has 0 spiro atoms. The number of aromatic nitrogens is 3. The fraction of sp³-hybridized carbons (Fsp3) is 0.250. The first-order valence-corrected chi connectivity index (χ1v) is 9.03. The summed E-state index contributed by atoms with van der Waals surface area (Å²) >= 11 is 0. The number of ether oxygens (including phenoxy) is 1. The molecule has 0 unspecified atom stereocenters. The molecular formula is C20H21N5O4. The van der Waals surface area contributed by atoms with Gasteiger partial charge in [0, 0.05) is 30.7 Å². The van der Waals surface area contributed by atoms with Crippen molar-refractivity contribution >= 4 is 12.0 Å². The van der Waals surface area contributed by atoms with Crippen LogP contribution in [0.3, 0.4) is 0 Å². The fourth-order valence-corrected chi connectivity index (χ4v) is 3.00. The third kappa shape index (κ3) is 4.46. The van der Waals surface area contributed by atoms with Gasteiger partial charge < -0.3 is 10.1 Å². The number of nitro groups is 1. The summed E-state index contributed by atoms with van der Waals surface area (Å²) in [5, 5.41) is 18.7. The van der Waals surface area contributed by atoms with Gasteiger partial charge in [0.2, 0.25) is 5.75 Å². The molecule has 0 saturated carbocycles. The highest BCUT2D eigenvalue weighted by atomic mass is 16.6. The van der Waals surface area contributed by atoms with Crippen molar-refractivity contribution in [2.24, 2.45) is 0 Å². The molecule has 0 bridgehead atoms. The van der Waals surface area contributed by atoms with Gasteiger partial charge >= 0.3 is 5.69 Å². The van der Waals surface area contributed by atoms with E-state index >= 15 is 0 Å². The molecule has 2 heterocycles. The minimum atomic E-state index is -0.500. The number of hydrogen-bond acceptors (Lipinski definition) is 7. The minimum absolute atomic E-state index is 0.00801. The lowest BCUT2D eigenvalue weighted by Crippen LogP contribution is -2.17. The lowest BCUT2D eigenvalue weighted by atomic mass is 9.96. The first kappa shape index (κ1) is 20.2. The van der Waals surface area contributed by atoms with E-state index in [2.05, 4.69) is 15.4 Å². The van der Waals surface area contributed by atoms with Crippen LogP contribution in [0.4, 0.5) is 5.69 Å². The van der Waals surface area contributed by atoms with Crippen molar-refractivity contribution in [3.8, 4) is 11.6 Å². The number of carbonyl (C=O) groups excluding carboxylic acids is 1. The van der Waals surface area contributed by atoms with Gasteiger partial charge in [-0.25, -0.2) is 9.67 Å². The van der Waals surface area contributed by atoms with Crippen molar-refractivity contribution in [2.45, 2.75) is 13.3 Å². The largest absolute Gasteiger partial charge is 0.485 e. The van der Waals surface area contributed by atoms with Crippen LogP contribution < -0.4 is 10.1 Å². The molecule has 0 amide bonds. The minimum Gasteiger partial charge on any atom is -0.485 e. The Bertz CT molecular complexity index is 1000. The Morgan fingerprint density at radius 2 is 2.21 bits per heavy atom. The SMILES string of the molecule is CNCCOc1c(C=O)cc(Cc2ccc(-n3cccn3)nc2)c(C)c1[N+](=O)[O-]. The van der Waals surface area contributed by atoms with Crippen molar-refractivity contribution in [1.82, 2.24) is 20.1 Å². The van der Waals surface area contributed by atoms with Crippen molar-refractivity contribution in [2.75, 3.05) is 20.2 Å².